The van der Waals surface area contributed by atoms with E-state index in [1.165, 1.54) is 24.8 Å². The maximum Gasteiger partial charge on any atom is 0.248 e. The number of hydrogen-bond acceptors (Lipinski definition) is 1. The van der Waals surface area contributed by atoms with Crippen molar-refractivity contribution in [2.24, 2.45) is 5.92 Å². The first-order chi connectivity index (χ1) is 10.6. The van der Waals surface area contributed by atoms with Crippen molar-refractivity contribution in [3.05, 3.63) is 41.2 Å². The lowest BCUT2D eigenvalue weighted by Gasteiger charge is -2.32. The fourth-order valence-electron chi connectivity index (χ4n) is 3.94. The lowest BCUT2D eigenvalue weighted by Crippen LogP contribution is -2.26. The van der Waals surface area contributed by atoms with Crippen molar-refractivity contribution in [2.75, 3.05) is 0 Å². The van der Waals surface area contributed by atoms with Gasteiger partial charge in [0.15, 0.2) is 0 Å². The highest BCUT2D eigenvalue weighted by Gasteiger charge is 2.36. The van der Waals surface area contributed by atoms with E-state index in [9.17, 15) is 8.78 Å². The second-order valence-electron chi connectivity index (χ2n) is 6.82. The van der Waals surface area contributed by atoms with Crippen molar-refractivity contribution in [3.8, 4) is 0 Å². The summed E-state index contributed by atoms with van der Waals surface area (Å²) in [5.41, 5.74) is 4.06. The van der Waals surface area contributed by atoms with Gasteiger partial charge in [-0.1, -0.05) is 23.6 Å². The van der Waals surface area contributed by atoms with Crippen LogP contribution < -0.4 is 0 Å². The molecular weight excluding hydrogens is 280 g/mol. The summed E-state index contributed by atoms with van der Waals surface area (Å²) in [6.07, 6.45) is 10.2. The predicted octanol–water partition coefficient (Wildman–Crippen LogP) is 5.71. The van der Waals surface area contributed by atoms with Crippen molar-refractivity contribution >= 4 is 0 Å². The van der Waals surface area contributed by atoms with Gasteiger partial charge in [0.1, 0.15) is 0 Å². The summed E-state index contributed by atoms with van der Waals surface area (Å²) in [6, 6.07) is 6.00. The normalized spacial score (nSPS) is 22.5. The van der Waals surface area contributed by atoms with Crippen molar-refractivity contribution in [3.63, 3.8) is 0 Å². The Morgan fingerprint density at radius 2 is 1.82 bits per heavy atom. The minimum Gasteiger partial charge on any atom is -0.261 e. The van der Waals surface area contributed by atoms with Gasteiger partial charge in [0.05, 0.1) is 0 Å². The van der Waals surface area contributed by atoms with E-state index in [1.807, 2.05) is 18.3 Å². The molecule has 2 aliphatic carbocycles. The monoisotopic (exact) mass is 305 g/mol. The van der Waals surface area contributed by atoms with E-state index in [-0.39, 0.29) is 12.8 Å². The molecule has 0 radical (unpaired) electrons. The molecule has 3 heteroatoms. The number of allylic oxidation sites excluding steroid dienone is 2. The molecule has 0 aliphatic heterocycles. The van der Waals surface area contributed by atoms with E-state index in [0.29, 0.717) is 18.8 Å². The summed E-state index contributed by atoms with van der Waals surface area (Å²) in [6.45, 7) is 0. The Morgan fingerprint density at radius 1 is 1.09 bits per heavy atom. The quantitative estimate of drug-likeness (QED) is 0.652. The van der Waals surface area contributed by atoms with Crippen LogP contribution in [0.5, 0.6) is 0 Å². The van der Waals surface area contributed by atoms with E-state index in [0.717, 1.165) is 25.0 Å². The Kier molecular flexibility index (Phi) is 4.90. The van der Waals surface area contributed by atoms with Gasteiger partial charge in [-0.05, 0) is 56.6 Å². The van der Waals surface area contributed by atoms with E-state index in [1.54, 1.807) is 5.57 Å². The van der Waals surface area contributed by atoms with E-state index in [4.69, 9.17) is 0 Å². The molecule has 2 aliphatic rings. The summed E-state index contributed by atoms with van der Waals surface area (Å²) in [4.78, 5) is 4.45. The van der Waals surface area contributed by atoms with Gasteiger partial charge in [0, 0.05) is 31.2 Å². The number of nitrogens with zero attached hydrogens (tertiary/aromatic N) is 1. The lowest BCUT2D eigenvalue weighted by atomic mass is 9.76. The first-order valence-electron chi connectivity index (χ1n) is 8.62. The van der Waals surface area contributed by atoms with E-state index < -0.39 is 5.92 Å². The maximum absolute atomic E-state index is 13.5. The molecule has 0 bridgehead atoms. The first kappa shape index (κ1) is 15.6. The zero-order valence-corrected chi connectivity index (χ0v) is 13.2. The Hall–Kier alpha value is -1.25. The van der Waals surface area contributed by atoms with Crippen LogP contribution in [0.2, 0.25) is 0 Å². The number of aromatic nitrogens is 1. The Morgan fingerprint density at radius 3 is 2.45 bits per heavy atom. The zero-order valence-electron chi connectivity index (χ0n) is 13.2. The van der Waals surface area contributed by atoms with Gasteiger partial charge in [-0.25, -0.2) is 8.78 Å². The van der Waals surface area contributed by atoms with Crippen LogP contribution in [0.25, 0.3) is 0 Å². The third kappa shape index (κ3) is 3.93. The average molecular weight is 305 g/mol. The fraction of sp³-hybridized carbons (Fsp3) is 0.632. The van der Waals surface area contributed by atoms with Crippen LogP contribution in [0.15, 0.2) is 35.5 Å². The highest BCUT2D eigenvalue weighted by molar-refractivity contribution is 5.25. The number of pyridine rings is 1. The van der Waals surface area contributed by atoms with Crippen LogP contribution in [0.3, 0.4) is 0 Å². The van der Waals surface area contributed by atoms with Gasteiger partial charge in [-0.3, -0.25) is 4.98 Å². The predicted molar refractivity (Wildman–Crippen MR) is 85.0 cm³/mol. The molecule has 1 aromatic rings. The topological polar surface area (TPSA) is 12.9 Å². The van der Waals surface area contributed by atoms with Gasteiger partial charge >= 0.3 is 0 Å². The molecular formula is C19H25F2N. The van der Waals surface area contributed by atoms with E-state index in [2.05, 4.69) is 11.1 Å². The molecule has 22 heavy (non-hydrogen) atoms. The maximum atomic E-state index is 13.5. The van der Waals surface area contributed by atoms with Crippen LogP contribution in [0.4, 0.5) is 8.78 Å². The van der Waals surface area contributed by atoms with Crippen LogP contribution in [-0.4, -0.2) is 10.9 Å². The van der Waals surface area contributed by atoms with Crippen LogP contribution >= 0.6 is 0 Å². The van der Waals surface area contributed by atoms with E-state index >= 15 is 0 Å². The average Bonchev–Trinajstić information content (AvgIpc) is 2.55. The SMILES string of the molecule is FC1(F)CCC(C(Cc2ccccn2)=C2CCCCC2)CC1. The molecule has 0 saturated heterocycles. The fourth-order valence-corrected chi connectivity index (χ4v) is 3.94. The molecule has 0 atom stereocenters. The molecule has 0 aromatic carbocycles. The molecule has 0 amide bonds. The number of hydrogen-bond donors (Lipinski definition) is 0. The number of rotatable bonds is 3. The Bertz CT molecular complexity index is 503. The summed E-state index contributed by atoms with van der Waals surface area (Å²) in [7, 11) is 0. The summed E-state index contributed by atoms with van der Waals surface area (Å²) in [5.74, 6) is -2.10. The smallest absolute Gasteiger partial charge is 0.248 e. The number of halogens is 2. The summed E-state index contributed by atoms with van der Waals surface area (Å²) < 4.78 is 27.0. The molecule has 2 saturated carbocycles. The Labute approximate surface area is 131 Å². The first-order valence-corrected chi connectivity index (χ1v) is 8.62. The van der Waals surface area contributed by atoms with Gasteiger partial charge in [-0.2, -0.15) is 0 Å². The van der Waals surface area contributed by atoms with Gasteiger partial charge in [0.2, 0.25) is 5.92 Å². The van der Waals surface area contributed by atoms with Crippen LogP contribution in [0.1, 0.15) is 63.5 Å². The third-order valence-electron chi connectivity index (χ3n) is 5.22. The molecule has 2 fully saturated rings. The third-order valence-corrected chi connectivity index (χ3v) is 5.22. The summed E-state index contributed by atoms with van der Waals surface area (Å²) >= 11 is 0. The molecule has 1 heterocycles. The zero-order chi connectivity index (χ0) is 15.4. The van der Waals surface area contributed by atoms with Crippen LogP contribution in [-0.2, 0) is 6.42 Å². The molecule has 1 aromatic heterocycles. The van der Waals surface area contributed by atoms with Crippen molar-refractivity contribution in [1.29, 1.82) is 0 Å². The lowest BCUT2D eigenvalue weighted by molar-refractivity contribution is -0.0424. The second-order valence-corrected chi connectivity index (χ2v) is 6.82. The second kappa shape index (κ2) is 6.89. The molecule has 1 nitrogen and oxygen atoms in total. The number of alkyl halides is 2. The van der Waals surface area contributed by atoms with Crippen molar-refractivity contribution in [1.82, 2.24) is 4.98 Å². The largest absolute Gasteiger partial charge is 0.261 e. The minimum absolute atomic E-state index is 0.0522. The van der Waals surface area contributed by atoms with Crippen molar-refractivity contribution < 1.29 is 8.78 Å². The standard InChI is InChI=1S/C19H25F2N/c20-19(21)11-9-16(10-12-19)18(15-6-2-1-3-7-15)14-17-8-4-5-13-22-17/h4-5,8,13,16H,1-3,6-7,9-12,14H2. The van der Waals surface area contributed by atoms with Gasteiger partial charge < -0.3 is 0 Å². The van der Waals surface area contributed by atoms with Gasteiger partial charge in [0.25, 0.3) is 0 Å². The molecule has 3 rings (SSSR count). The molecule has 0 spiro atoms. The van der Waals surface area contributed by atoms with Gasteiger partial charge in [-0.15, -0.1) is 0 Å². The Balaban J connectivity index is 1.80. The highest BCUT2D eigenvalue weighted by Crippen LogP contribution is 2.42. The molecule has 0 unspecified atom stereocenters. The molecule has 120 valence electrons. The molecule has 0 N–H and O–H groups in total. The minimum atomic E-state index is -2.44. The van der Waals surface area contributed by atoms with Crippen LogP contribution in [0, 0.1) is 5.92 Å². The van der Waals surface area contributed by atoms with Crippen molar-refractivity contribution in [2.45, 2.75) is 70.1 Å². The summed E-state index contributed by atoms with van der Waals surface area (Å²) in [5, 5.41) is 0. The highest BCUT2D eigenvalue weighted by atomic mass is 19.3.